The average molecular weight is 1490 g/mol. The van der Waals surface area contributed by atoms with Crippen LogP contribution >= 0.6 is 0 Å². The van der Waals surface area contributed by atoms with Gasteiger partial charge in [0.25, 0.3) is 0 Å². The number of benzene rings is 1. The number of hydrogen-bond donors (Lipinski definition) is 3. The van der Waals surface area contributed by atoms with Gasteiger partial charge in [0.1, 0.15) is 71.6 Å². The number of fused-ring (bicyclic) bond motifs is 2. The van der Waals surface area contributed by atoms with Crippen molar-refractivity contribution in [3.63, 3.8) is 0 Å². The lowest BCUT2D eigenvalue weighted by molar-refractivity contribution is -0.160. The summed E-state index contributed by atoms with van der Waals surface area (Å²) in [5.41, 5.74) is -2.42. The molecular weight excluding hydrogens is 1380 g/mol. The summed E-state index contributed by atoms with van der Waals surface area (Å²) in [7, 11) is 8.54. The van der Waals surface area contributed by atoms with E-state index < -0.39 is 186 Å². The van der Waals surface area contributed by atoms with Crippen molar-refractivity contribution < 1.29 is 89.0 Å². The summed E-state index contributed by atoms with van der Waals surface area (Å²) in [4.78, 5) is 189. The molecule has 4 heterocycles. The van der Waals surface area contributed by atoms with Crippen LogP contribution in [0.2, 0.25) is 0 Å². The Labute approximate surface area is 614 Å². The van der Waals surface area contributed by atoms with Gasteiger partial charge in [-0.25, -0.2) is 8.78 Å². The van der Waals surface area contributed by atoms with E-state index in [2.05, 4.69) is 16.0 Å². The fourth-order valence-electron chi connectivity index (χ4n) is 15.6. The second kappa shape index (κ2) is 38.3. The molecule has 12 amide bonds. The largest absolute Gasteiger partial charge is 0.422 e. The lowest BCUT2D eigenvalue weighted by atomic mass is 9.84. The third kappa shape index (κ3) is 21.4. The second-order valence-electron chi connectivity index (χ2n) is 30.1. The highest BCUT2D eigenvalue weighted by Crippen LogP contribution is 2.37. The van der Waals surface area contributed by atoms with Crippen molar-refractivity contribution in [1.82, 2.24) is 60.0 Å². The van der Waals surface area contributed by atoms with Crippen molar-refractivity contribution in [2.24, 2.45) is 23.7 Å². The van der Waals surface area contributed by atoms with E-state index in [-0.39, 0.29) is 121 Å². The third-order valence-electron chi connectivity index (χ3n) is 22.5. The quantitative estimate of drug-likeness (QED) is 0.221. The van der Waals surface area contributed by atoms with Crippen molar-refractivity contribution in [3.05, 3.63) is 34.9 Å². The number of nitrogens with one attached hydrogen (secondary N) is 3. The Morgan fingerprint density at radius 2 is 1.30 bits per heavy atom. The van der Waals surface area contributed by atoms with Gasteiger partial charge in [0.05, 0.1) is 32.3 Å². The predicted octanol–water partition coefficient (Wildman–Crippen LogP) is 4.91. The van der Waals surface area contributed by atoms with E-state index in [9.17, 15) is 61.1 Å². The van der Waals surface area contributed by atoms with Gasteiger partial charge in [-0.15, -0.1) is 0 Å². The molecule has 105 heavy (non-hydrogen) atoms. The van der Waals surface area contributed by atoms with Gasteiger partial charge in [0, 0.05) is 94.5 Å². The lowest BCUT2D eigenvalue weighted by Gasteiger charge is -2.45. The molecule has 2 aliphatic carbocycles. The zero-order valence-electron chi connectivity index (χ0n) is 63.4. The molecule has 0 bridgehead atoms. The summed E-state index contributed by atoms with van der Waals surface area (Å²) in [6, 6.07) is -10.3. The fraction of sp³-hybridized carbons (Fsp3) is 0.757. The van der Waals surface area contributed by atoms with Crippen LogP contribution in [0.3, 0.4) is 0 Å². The van der Waals surface area contributed by atoms with Crippen LogP contribution in [0.15, 0.2) is 12.1 Å². The summed E-state index contributed by atoms with van der Waals surface area (Å²) < 4.78 is 82.8. The van der Waals surface area contributed by atoms with Gasteiger partial charge in [-0.05, 0) is 113 Å². The minimum Gasteiger partial charge on any atom is -0.378 e. The van der Waals surface area contributed by atoms with Gasteiger partial charge in [0.15, 0.2) is 0 Å². The first kappa shape index (κ1) is 84.7. The monoisotopic (exact) mass is 1490 g/mol. The number of alkyl halides is 3. The van der Waals surface area contributed by atoms with E-state index in [1.54, 1.807) is 13.8 Å². The third-order valence-corrected chi connectivity index (χ3v) is 22.5. The number of nitrogens with zero attached hydrogens (tertiary/aromatic N) is 9. The molecule has 0 unspecified atom stereocenters. The van der Waals surface area contributed by atoms with E-state index in [4.69, 9.17) is 9.47 Å². The maximum Gasteiger partial charge on any atom is 0.422 e. The summed E-state index contributed by atoms with van der Waals surface area (Å²) >= 11 is 0. The molecule has 0 radical (unpaired) electrons. The number of carbonyl (C=O) groups excluding carboxylic acids is 12. The van der Waals surface area contributed by atoms with Crippen molar-refractivity contribution in [2.75, 3.05) is 101 Å². The molecule has 0 aromatic heterocycles. The van der Waals surface area contributed by atoms with Crippen molar-refractivity contribution in [1.29, 1.82) is 0 Å². The normalized spacial score (nSPS) is 27.9. The van der Waals surface area contributed by atoms with Crippen LogP contribution in [0.25, 0.3) is 0 Å². The smallest absolute Gasteiger partial charge is 0.378 e. The number of likely N-dealkylation sites (N-methyl/N-ethyl adjacent to an activating group) is 6. The van der Waals surface area contributed by atoms with Crippen LogP contribution in [0, 0.1) is 35.3 Å². The van der Waals surface area contributed by atoms with Crippen LogP contribution in [0.5, 0.6) is 0 Å². The Kier molecular flexibility index (Phi) is 30.9. The first-order chi connectivity index (χ1) is 49.6. The standard InChI is InChI=1S/C74H113F5N12O14/c1-13-45(5)63-72(102)84(8)46(6)67(97)90-31-29-54(90)70(100)86(10)57(39-47-22-16-15-17-23-47)69(99)83(7)43-59(92)81-53(28-27-48-37-51(75)62(52(76)38-48)74(77,78)79)68(98)91-42-50(105-14-2)40-56(91)65(95)80-30-21-20-26-60(93)88(12)64(49-24-18-19-25-49)73(103)87(11)58(71(101)89-32-34-104-35-33-89)41-61(94)85(9)55(36-44(3)4)66(96)82-63/h37-38,44-47,49-50,53-58,63-64H,13-36,39-43H2,1-12H3,(H,80,95)(H,81,92)(H,82,96)/t45-,46-,50+,53-,54-,55-,56-,57-,58-,63-,64-/m0/s1. The molecule has 11 atom stereocenters. The molecule has 0 spiro atoms. The van der Waals surface area contributed by atoms with Crippen LogP contribution < -0.4 is 16.0 Å². The summed E-state index contributed by atoms with van der Waals surface area (Å²) in [6.07, 6.45) is 0.457. The molecule has 6 fully saturated rings. The number of amides is 12. The zero-order valence-corrected chi connectivity index (χ0v) is 63.4. The molecule has 1 aromatic carbocycles. The summed E-state index contributed by atoms with van der Waals surface area (Å²) in [6.45, 7) is 10.6. The van der Waals surface area contributed by atoms with Crippen molar-refractivity contribution in [3.8, 4) is 0 Å². The van der Waals surface area contributed by atoms with Crippen LogP contribution in [0.1, 0.15) is 175 Å². The van der Waals surface area contributed by atoms with Gasteiger partial charge in [-0.1, -0.05) is 79.1 Å². The number of aryl methyl sites for hydroxylation is 1. The minimum atomic E-state index is -5.38. The van der Waals surface area contributed by atoms with Gasteiger partial charge in [0.2, 0.25) is 70.9 Å². The molecule has 4 aliphatic heterocycles. The predicted molar refractivity (Wildman–Crippen MR) is 376 cm³/mol. The second-order valence-corrected chi connectivity index (χ2v) is 30.1. The van der Waals surface area contributed by atoms with Crippen LogP contribution in [-0.2, 0) is 79.6 Å². The first-order valence-electron chi connectivity index (χ1n) is 37.7. The van der Waals surface area contributed by atoms with Crippen LogP contribution in [-0.4, -0.2) is 277 Å². The Morgan fingerprint density at radius 3 is 1.89 bits per heavy atom. The highest BCUT2D eigenvalue weighted by Gasteiger charge is 2.49. The van der Waals surface area contributed by atoms with E-state index in [0.717, 1.165) is 49.8 Å². The number of rotatable bonds is 13. The molecule has 26 nitrogen and oxygen atoms in total. The van der Waals surface area contributed by atoms with Gasteiger partial charge < -0.3 is 69.5 Å². The number of ether oxygens (including phenoxy) is 2. The number of halogens is 5. The maximum absolute atomic E-state index is 15.3. The maximum atomic E-state index is 15.3. The average Bonchev–Trinajstić information content (AvgIpc) is 1.24. The van der Waals surface area contributed by atoms with Crippen molar-refractivity contribution in [2.45, 2.75) is 237 Å². The Hall–Kier alpha value is -7.57. The SMILES string of the molecule is CCO[C@@H]1C[C@H]2C(=O)NCCCCC(=O)N(C)[C@@H](C3CCCC3)C(=O)N(C)[C@H](C(=O)N3CCOCC3)CC(=O)N(C)[C@@H](CC(C)C)C(=O)N[C@@H]([C@@H](C)CC)C(=O)N(C)[C@@H](C)C(=O)N3CC[C@H]3C(=O)N(C)[C@@H](CC3CCCCC3)C(=O)N(C)CC(=O)N[C@@H](CCc3cc(F)c(C(F)(F)F)c(F)c3)C(=O)N2C1. The van der Waals surface area contributed by atoms with Gasteiger partial charge in [-0.3, -0.25) is 57.5 Å². The van der Waals surface area contributed by atoms with Crippen molar-refractivity contribution >= 4 is 70.9 Å². The number of carbonyl (C=O) groups is 12. The molecule has 1 aromatic rings. The first-order valence-corrected chi connectivity index (χ1v) is 37.7. The topological polar surface area (TPSA) is 289 Å². The zero-order chi connectivity index (χ0) is 77.5. The van der Waals surface area contributed by atoms with Gasteiger partial charge in [-0.2, -0.15) is 13.2 Å². The van der Waals surface area contributed by atoms with E-state index in [1.165, 1.54) is 88.4 Å². The lowest BCUT2D eigenvalue weighted by Crippen LogP contribution is -2.65. The molecule has 588 valence electrons. The highest BCUT2D eigenvalue weighted by molar-refractivity contribution is 5.99. The van der Waals surface area contributed by atoms with E-state index in [1.807, 2.05) is 20.8 Å². The Morgan fingerprint density at radius 1 is 0.657 bits per heavy atom. The minimum absolute atomic E-state index is 0.00682. The Balaban J connectivity index is 1.24. The highest BCUT2D eigenvalue weighted by atomic mass is 19.4. The molecule has 31 heteroatoms. The molecule has 3 N–H and O–H groups in total. The molecular formula is C74H113F5N12O14. The number of hydrogen-bond acceptors (Lipinski definition) is 14. The molecule has 4 saturated heterocycles. The molecule has 7 rings (SSSR count). The molecule has 2 saturated carbocycles. The summed E-state index contributed by atoms with van der Waals surface area (Å²) in [5.74, 6) is -12.7. The number of morpholine rings is 1. The molecule has 6 aliphatic rings. The fourth-order valence-corrected chi connectivity index (χ4v) is 15.6. The Bertz CT molecular complexity index is 3230. The summed E-state index contributed by atoms with van der Waals surface area (Å²) in [5, 5.41) is 8.39. The van der Waals surface area contributed by atoms with Gasteiger partial charge >= 0.3 is 6.18 Å². The van der Waals surface area contributed by atoms with Crippen LogP contribution in [0.4, 0.5) is 22.0 Å². The van der Waals surface area contributed by atoms with E-state index in [0.29, 0.717) is 31.4 Å². The van der Waals surface area contributed by atoms with E-state index >= 15 is 18.4 Å².